The van der Waals surface area contributed by atoms with Crippen molar-refractivity contribution in [3.63, 3.8) is 0 Å². The zero-order chi connectivity index (χ0) is 16.1. The lowest BCUT2D eigenvalue weighted by atomic mass is 10.0. The first kappa shape index (κ1) is 16.3. The molecule has 2 amide bonds. The van der Waals surface area contributed by atoms with Crippen molar-refractivity contribution in [2.24, 2.45) is 0 Å². The van der Waals surface area contributed by atoms with E-state index in [2.05, 4.69) is 40.4 Å². The van der Waals surface area contributed by atoms with Gasteiger partial charge in [-0.05, 0) is 51.7 Å². The third-order valence-electron chi connectivity index (χ3n) is 3.07. The molecule has 1 heterocycles. The molecule has 6 heteroatoms. The SMILES string of the molecule is CC(C)c1ccc(NC(=O)CNC(=O)c2ccc(Br)o2)cc1. The molecule has 0 spiro atoms. The molecular weight excluding hydrogens is 348 g/mol. The second-order valence-corrected chi connectivity index (χ2v) is 5.89. The second kappa shape index (κ2) is 7.26. The second-order valence-electron chi connectivity index (χ2n) is 5.11. The number of carbonyl (C=O) groups excluding carboxylic acids is 2. The van der Waals surface area contributed by atoms with Gasteiger partial charge in [0.25, 0.3) is 5.91 Å². The molecule has 0 bridgehead atoms. The van der Waals surface area contributed by atoms with Crippen LogP contribution in [0.25, 0.3) is 0 Å². The number of hydrogen-bond acceptors (Lipinski definition) is 3. The summed E-state index contributed by atoms with van der Waals surface area (Å²) >= 11 is 3.11. The van der Waals surface area contributed by atoms with Crippen LogP contribution in [0.4, 0.5) is 5.69 Å². The zero-order valence-electron chi connectivity index (χ0n) is 12.4. The minimum atomic E-state index is -0.434. The zero-order valence-corrected chi connectivity index (χ0v) is 13.9. The van der Waals surface area contributed by atoms with Crippen LogP contribution in [0, 0.1) is 0 Å². The molecule has 116 valence electrons. The number of furan rings is 1. The molecule has 2 aromatic rings. The van der Waals surface area contributed by atoms with Gasteiger partial charge in [0, 0.05) is 5.69 Å². The number of nitrogens with one attached hydrogen (secondary N) is 2. The summed E-state index contributed by atoms with van der Waals surface area (Å²) in [5.74, 6) is -0.134. The van der Waals surface area contributed by atoms with E-state index in [9.17, 15) is 9.59 Å². The van der Waals surface area contributed by atoms with Gasteiger partial charge in [-0.3, -0.25) is 9.59 Å². The molecule has 0 atom stereocenters. The summed E-state index contributed by atoms with van der Waals surface area (Å²) in [4.78, 5) is 23.5. The predicted octanol–water partition coefficient (Wildman–Crippen LogP) is 3.53. The lowest BCUT2D eigenvalue weighted by molar-refractivity contribution is -0.115. The maximum absolute atomic E-state index is 11.8. The molecule has 0 saturated heterocycles. The van der Waals surface area contributed by atoms with Gasteiger partial charge >= 0.3 is 0 Å². The Bertz CT molecular complexity index is 662. The van der Waals surface area contributed by atoms with E-state index >= 15 is 0 Å². The Morgan fingerprint density at radius 1 is 1.14 bits per heavy atom. The summed E-state index contributed by atoms with van der Waals surface area (Å²) in [5.41, 5.74) is 1.90. The number of hydrogen-bond donors (Lipinski definition) is 2. The Morgan fingerprint density at radius 3 is 2.36 bits per heavy atom. The Kier molecular flexibility index (Phi) is 5.38. The summed E-state index contributed by atoms with van der Waals surface area (Å²) in [7, 11) is 0. The highest BCUT2D eigenvalue weighted by atomic mass is 79.9. The van der Waals surface area contributed by atoms with Crippen molar-refractivity contribution in [3.05, 3.63) is 52.4 Å². The van der Waals surface area contributed by atoms with Gasteiger partial charge in [0.1, 0.15) is 0 Å². The van der Waals surface area contributed by atoms with Gasteiger partial charge in [0.2, 0.25) is 5.91 Å². The molecule has 5 nitrogen and oxygen atoms in total. The molecule has 1 aromatic heterocycles. The van der Waals surface area contributed by atoms with Crippen LogP contribution < -0.4 is 10.6 Å². The van der Waals surface area contributed by atoms with Gasteiger partial charge in [0.15, 0.2) is 10.4 Å². The topological polar surface area (TPSA) is 71.3 Å². The Balaban J connectivity index is 1.84. The Labute approximate surface area is 137 Å². The fourth-order valence-corrected chi connectivity index (χ4v) is 2.15. The standard InChI is InChI=1S/C16H17BrN2O3/c1-10(2)11-3-5-12(6-4-11)19-15(20)9-18-16(21)13-7-8-14(17)22-13/h3-8,10H,9H2,1-2H3,(H,18,21)(H,19,20). The van der Waals surface area contributed by atoms with Crippen LogP contribution in [0.2, 0.25) is 0 Å². The lowest BCUT2D eigenvalue weighted by Crippen LogP contribution is -2.32. The number of halogens is 1. The molecule has 0 fully saturated rings. The van der Waals surface area contributed by atoms with Gasteiger partial charge in [-0.25, -0.2) is 0 Å². The third-order valence-corrected chi connectivity index (χ3v) is 3.49. The van der Waals surface area contributed by atoms with Gasteiger partial charge < -0.3 is 15.1 Å². The van der Waals surface area contributed by atoms with E-state index in [4.69, 9.17) is 4.42 Å². The Hall–Kier alpha value is -2.08. The molecule has 0 saturated carbocycles. The number of amides is 2. The molecule has 22 heavy (non-hydrogen) atoms. The fourth-order valence-electron chi connectivity index (χ4n) is 1.84. The van der Waals surface area contributed by atoms with E-state index in [1.54, 1.807) is 6.07 Å². The van der Waals surface area contributed by atoms with Crippen molar-refractivity contribution in [1.82, 2.24) is 5.32 Å². The molecule has 0 unspecified atom stereocenters. The predicted molar refractivity (Wildman–Crippen MR) is 87.9 cm³/mol. The van der Waals surface area contributed by atoms with Crippen molar-refractivity contribution in [2.45, 2.75) is 19.8 Å². The fraction of sp³-hybridized carbons (Fsp3) is 0.250. The number of rotatable bonds is 5. The highest BCUT2D eigenvalue weighted by Gasteiger charge is 2.12. The van der Waals surface area contributed by atoms with Gasteiger partial charge in [-0.2, -0.15) is 0 Å². The normalized spacial score (nSPS) is 10.5. The number of carbonyl (C=O) groups is 2. The van der Waals surface area contributed by atoms with Crippen LogP contribution in [0.1, 0.15) is 35.9 Å². The monoisotopic (exact) mass is 364 g/mol. The molecule has 0 aliphatic heterocycles. The van der Waals surface area contributed by atoms with Gasteiger partial charge in [-0.1, -0.05) is 26.0 Å². The van der Waals surface area contributed by atoms with E-state index in [1.807, 2.05) is 24.3 Å². The average molecular weight is 365 g/mol. The highest BCUT2D eigenvalue weighted by Crippen LogP contribution is 2.17. The first-order valence-electron chi connectivity index (χ1n) is 6.89. The van der Waals surface area contributed by atoms with E-state index in [0.29, 0.717) is 16.3 Å². The maximum Gasteiger partial charge on any atom is 0.287 e. The number of benzene rings is 1. The molecule has 0 radical (unpaired) electrons. The summed E-state index contributed by atoms with van der Waals surface area (Å²) in [6, 6.07) is 10.8. The molecular formula is C16H17BrN2O3. The quantitative estimate of drug-likeness (QED) is 0.852. The van der Waals surface area contributed by atoms with Crippen LogP contribution in [-0.2, 0) is 4.79 Å². The highest BCUT2D eigenvalue weighted by molar-refractivity contribution is 9.10. The van der Waals surface area contributed by atoms with E-state index in [0.717, 1.165) is 0 Å². The largest absolute Gasteiger partial charge is 0.444 e. The van der Waals surface area contributed by atoms with Crippen LogP contribution in [0.15, 0.2) is 45.5 Å². The molecule has 2 N–H and O–H groups in total. The maximum atomic E-state index is 11.8. The lowest BCUT2D eigenvalue weighted by Gasteiger charge is -2.08. The van der Waals surface area contributed by atoms with Crippen molar-refractivity contribution >= 4 is 33.4 Å². The first-order valence-corrected chi connectivity index (χ1v) is 7.68. The number of anilines is 1. The smallest absolute Gasteiger partial charge is 0.287 e. The van der Waals surface area contributed by atoms with E-state index in [-0.39, 0.29) is 18.2 Å². The van der Waals surface area contributed by atoms with Crippen LogP contribution in [0.3, 0.4) is 0 Å². The minimum absolute atomic E-state index is 0.122. The van der Waals surface area contributed by atoms with Crippen LogP contribution in [-0.4, -0.2) is 18.4 Å². The third kappa shape index (κ3) is 4.46. The summed E-state index contributed by atoms with van der Waals surface area (Å²) < 4.78 is 5.57. The average Bonchev–Trinajstić information content (AvgIpc) is 2.92. The first-order chi connectivity index (χ1) is 10.5. The van der Waals surface area contributed by atoms with E-state index in [1.165, 1.54) is 11.6 Å². The Morgan fingerprint density at radius 2 is 1.82 bits per heavy atom. The molecule has 1 aromatic carbocycles. The van der Waals surface area contributed by atoms with Crippen molar-refractivity contribution in [1.29, 1.82) is 0 Å². The van der Waals surface area contributed by atoms with Crippen molar-refractivity contribution in [3.8, 4) is 0 Å². The van der Waals surface area contributed by atoms with Crippen LogP contribution in [0.5, 0.6) is 0 Å². The molecule has 0 aliphatic carbocycles. The summed E-state index contributed by atoms with van der Waals surface area (Å²) in [5, 5.41) is 5.22. The summed E-state index contributed by atoms with van der Waals surface area (Å²) in [6.07, 6.45) is 0. The molecule has 0 aliphatic rings. The van der Waals surface area contributed by atoms with Crippen molar-refractivity contribution in [2.75, 3.05) is 11.9 Å². The minimum Gasteiger partial charge on any atom is -0.444 e. The van der Waals surface area contributed by atoms with Crippen LogP contribution >= 0.6 is 15.9 Å². The van der Waals surface area contributed by atoms with Crippen molar-refractivity contribution < 1.29 is 14.0 Å². The summed E-state index contributed by atoms with van der Waals surface area (Å²) in [6.45, 7) is 4.09. The van der Waals surface area contributed by atoms with Gasteiger partial charge in [0.05, 0.1) is 6.54 Å². The van der Waals surface area contributed by atoms with E-state index < -0.39 is 5.91 Å². The van der Waals surface area contributed by atoms with Gasteiger partial charge in [-0.15, -0.1) is 0 Å². The molecule has 2 rings (SSSR count).